The van der Waals surface area contributed by atoms with Gasteiger partial charge in [-0.1, -0.05) is 13.0 Å². The Hall–Kier alpha value is -1.65. The molecule has 1 aromatic carbocycles. The first-order chi connectivity index (χ1) is 7.54. The van der Waals surface area contributed by atoms with E-state index in [0.29, 0.717) is 6.42 Å². The number of ether oxygens (including phenoxy) is 1. The molecule has 88 valence electrons. The highest BCUT2D eigenvalue weighted by Gasteiger charge is 2.13. The summed E-state index contributed by atoms with van der Waals surface area (Å²) in [5, 5.41) is 8.83. The van der Waals surface area contributed by atoms with E-state index in [-0.39, 0.29) is 11.3 Å². The number of alkyl halides is 2. The molecule has 0 saturated heterocycles. The van der Waals surface area contributed by atoms with E-state index in [0.717, 1.165) is 5.56 Å². The number of hydrogen-bond donors (Lipinski definition) is 1. The highest BCUT2D eigenvalue weighted by Crippen LogP contribution is 2.21. The number of aromatic carboxylic acids is 1. The lowest BCUT2D eigenvalue weighted by molar-refractivity contribution is 0.0664. The van der Waals surface area contributed by atoms with E-state index in [2.05, 4.69) is 0 Å². The summed E-state index contributed by atoms with van der Waals surface area (Å²) in [5.74, 6) is -1.20. The topological polar surface area (TPSA) is 46.5 Å². The fourth-order valence-corrected chi connectivity index (χ4v) is 1.24. The van der Waals surface area contributed by atoms with Gasteiger partial charge in [0.05, 0.1) is 0 Å². The third-order valence-electron chi connectivity index (χ3n) is 2.05. The van der Waals surface area contributed by atoms with Crippen molar-refractivity contribution in [3.8, 4) is 5.75 Å². The van der Waals surface area contributed by atoms with Crippen molar-refractivity contribution in [2.24, 2.45) is 0 Å². The van der Waals surface area contributed by atoms with Crippen LogP contribution in [-0.2, 0) is 6.42 Å². The van der Waals surface area contributed by atoms with Gasteiger partial charge >= 0.3 is 5.97 Å². The first-order valence-electron chi connectivity index (χ1n) is 4.81. The largest absolute Gasteiger partial charge is 0.487 e. The fourth-order valence-electron chi connectivity index (χ4n) is 1.24. The minimum absolute atomic E-state index is 0.00727. The maximum Gasteiger partial charge on any atom is 0.339 e. The molecule has 0 aromatic heterocycles. The van der Waals surface area contributed by atoms with Crippen LogP contribution in [0.25, 0.3) is 0 Å². The molecule has 0 bridgehead atoms. The monoisotopic (exact) mass is 230 g/mol. The maximum atomic E-state index is 12.0. The van der Waals surface area contributed by atoms with Crippen LogP contribution in [0.3, 0.4) is 0 Å². The molecule has 0 amide bonds. The van der Waals surface area contributed by atoms with Gasteiger partial charge in [0, 0.05) is 0 Å². The van der Waals surface area contributed by atoms with Crippen molar-refractivity contribution >= 4 is 5.97 Å². The molecule has 0 fully saturated rings. The predicted octanol–water partition coefficient (Wildman–Crippen LogP) is 2.59. The zero-order valence-electron chi connectivity index (χ0n) is 8.74. The number of benzene rings is 1. The molecule has 0 aliphatic rings. The van der Waals surface area contributed by atoms with Crippen molar-refractivity contribution in [3.63, 3.8) is 0 Å². The van der Waals surface area contributed by atoms with Crippen LogP contribution in [-0.4, -0.2) is 24.1 Å². The van der Waals surface area contributed by atoms with E-state index in [9.17, 15) is 13.6 Å². The Morgan fingerprint density at radius 2 is 2.19 bits per heavy atom. The second-order valence-electron chi connectivity index (χ2n) is 3.19. The molecule has 0 saturated carbocycles. The highest BCUT2D eigenvalue weighted by molar-refractivity contribution is 5.90. The van der Waals surface area contributed by atoms with E-state index >= 15 is 0 Å². The minimum atomic E-state index is -2.62. The third kappa shape index (κ3) is 3.18. The molecule has 1 N–H and O–H groups in total. The van der Waals surface area contributed by atoms with Crippen LogP contribution in [0.1, 0.15) is 22.8 Å². The summed E-state index contributed by atoms with van der Waals surface area (Å²) in [6.07, 6.45) is -1.93. The molecule has 0 spiro atoms. The molecule has 1 rings (SSSR count). The van der Waals surface area contributed by atoms with Crippen molar-refractivity contribution in [2.75, 3.05) is 6.61 Å². The number of aryl methyl sites for hydroxylation is 1. The van der Waals surface area contributed by atoms with Crippen molar-refractivity contribution < 1.29 is 23.4 Å². The van der Waals surface area contributed by atoms with Gasteiger partial charge in [0.15, 0.2) is 0 Å². The van der Waals surface area contributed by atoms with Crippen LogP contribution in [0.4, 0.5) is 8.78 Å². The van der Waals surface area contributed by atoms with Gasteiger partial charge < -0.3 is 9.84 Å². The summed E-state index contributed by atoms with van der Waals surface area (Å²) >= 11 is 0. The first-order valence-corrected chi connectivity index (χ1v) is 4.81. The Labute approximate surface area is 91.7 Å². The Bertz CT molecular complexity index is 377. The molecule has 0 heterocycles. The van der Waals surface area contributed by atoms with E-state index in [4.69, 9.17) is 9.84 Å². The molecule has 0 atom stereocenters. The second-order valence-corrected chi connectivity index (χ2v) is 3.19. The quantitative estimate of drug-likeness (QED) is 0.845. The molecule has 3 nitrogen and oxygen atoms in total. The van der Waals surface area contributed by atoms with Gasteiger partial charge in [0.1, 0.15) is 17.9 Å². The van der Waals surface area contributed by atoms with Crippen LogP contribution >= 0.6 is 0 Å². The molecule has 1 aromatic rings. The molecule has 0 radical (unpaired) electrons. The van der Waals surface area contributed by atoms with Crippen molar-refractivity contribution in [1.82, 2.24) is 0 Å². The smallest absolute Gasteiger partial charge is 0.339 e. The molecule has 0 aliphatic carbocycles. The number of carboxylic acid groups (broad SMARTS) is 1. The third-order valence-corrected chi connectivity index (χ3v) is 2.05. The lowest BCUT2D eigenvalue weighted by atomic mass is 10.1. The number of halogens is 2. The summed E-state index contributed by atoms with van der Waals surface area (Å²) in [6.45, 7) is 1.08. The Morgan fingerprint density at radius 3 is 2.69 bits per heavy atom. The van der Waals surface area contributed by atoms with Crippen LogP contribution in [0.5, 0.6) is 5.75 Å². The average Bonchev–Trinajstić information content (AvgIpc) is 2.25. The first kappa shape index (κ1) is 12.4. The van der Waals surface area contributed by atoms with Crippen molar-refractivity contribution in [3.05, 3.63) is 29.3 Å². The van der Waals surface area contributed by atoms with Crippen molar-refractivity contribution in [2.45, 2.75) is 19.8 Å². The zero-order valence-corrected chi connectivity index (χ0v) is 8.74. The molecule has 5 heteroatoms. The van der Waals surface area contributed by atoms with E-state index in [1.165, 1.54) is 12.1 Å². The van der Waals surface area contributed by atoms with Gasteiger partial charge in [0.25, 0.3) is 6.43 Å². The summed E-state index contributed by atoms with van der Waals surface area (Å²) in [5.41, 5.74) is 0.743. The number of hydrogen-bond acceptors (Lipinski definition) is 2. The highest BCUT2D eigenvalue weighted by atomic mass is 19.3. The fraction of sp³-hybridized carbons (Fsp3) is 0.364. The van der Waals surface area contributed by atoms with Gasteiger partial charge in [-0.15, -0.1) is 0 Å². The van der Waals surface area contributed by atoms with Gasteiger partial charge in [0.2, 0.25) is 0 Å². The van der Waals surface area contributed by atoms with Gasteiger partial charge in [-0.25, -0.2) is 13.6 Å². The normalized spacial score (nSPS) is 10.5. The maximum absolute atomic E-state index is 12.0. The Balaban J connectivity index is 2.96. The van der Waals surface area contributed by atoms with Crippen LogP contribution in [0, 0.1) is 0 Å². The summed E-state index contributed by atoms with van der Waals surface area (Å²) in [7, 11) is 0. The van der Waals surface area contributed by atoms with E-state index < -0.39 is 19.0 Å². The molecular formula is C11H12F2O3. The Morgan fingerprint density at radius 1 is 1.50 bits per heavy atom. The van der Waals surface area contributed by atoms with Crippen LogP contribution in [0.2, 0.25) is 0 Å². The standard InChI is InChI=1S/C11H12F2O3/c1-2-7-3-4-8(11(14)15)9(5-7)16-6-10(12)13/h3-5,10H,2,6H2,1H3,(H,14,15). The molecular weight excluding hydrogens is 218 g/mol. The van der Waals surface area contributed by atoms with E-state index in [1.807, 2.05) is 6.92 Å². The SMILES string of the molecule is CCc1ccc(C(=O)O)c(OCC(F)F)c1. The minimum Gasteiger partial charge on any atom is -0.487 e. The van der Waals surface area contributed by atoms with Crippen LogP contribution in [0.15, 0.2) is 18.2 Å². The molecule has 0 unspecified atom stereocenters. The summed E-state index contributed by atoms with van der Waals surface area (Å²) in [4.78, 5) is 10.8. The summed E-state index contributed by atoms with van der Waals surface area (Å²) in [6, 6.07) is 4.48. The lowest BCUT2D eigenvalue weighted by Crippen LogP contribution is -2.10. The van der Waals surface area contributed by atoms with Gasteiger partial charge in [-0.05, 0) is 24.1 Å². The second kappa shape index (κ2) is 5.44. The van der Waals surface area contributed by atoms with E-state index in [1.54, 1.807) is 6.07 Å². The zero-order chi connectivity index (χ0) is 12.1. The lowest BCUT2D eigenvalue weighted by Gasteiger charge is -2.10. The number of carbonyl (C=O) groups is 1. The predicted molar refractivity (Wildman–Crippen MR) is 54.3 cm³/mol. The molecule has 16 heavy (non-hydrogen) atoms. The van der Waals surface area contributed by atoms with Crippen LogP contribution < -0.4 is 4.74 Å². The average molecular weight is 230 g/mol. The van der Waals surface area contributed by atoms with Gasteiger partial charge in [-0.3, -0.25) is 0 Å². The number of rotatable bonds is 5. The molecule has 0 aliphatic heterocycles. The van der Waals surface area contributed by atoms with Crippen molar-refractivity contribution in [1.29, 1.82) is 0 Å². The Kier molecular flexibility index (Phi) is 4.22. The van der Waals surface area contributed by atoms with Gasteiger partial charge in [-0.2, -0.15) is 0 Å². The summed E-state index contributed by atoms with van der Waals surface area (Å²) < 4.78 is 28.7. The number of carboxylic acids is 1.